The third kappa shape index (κ3) is 3.55. The Morgan fingerprint density at radius 2 is 1.61 bits per heavy atom. The second-order valence-corrected chi connectivity index (χ2v) is 6.29. The van der Waals surface area contributed by atoms with Gasteiger partial charge in [-0.05, 0) is 54.1 Å². The highest BCUT2D eigenvalue weighted by Gasteiger charge is 2.29. The van der Waals surface area contributed by atoms with Gasteiger partial charge < -0.3 is 5.32 Å². The van der Waals surface area contributed by atoms with Gasteiger partial charge in [0.2, 0.25) is 0 Å². The van der Waals surface area contributed by atoms with Crippen LogP contribution < -0.4 is 5.32 Å². The first-order chi connectivity index (χ1) is 13.4. The third-order valence-corrected chi connectivity index (χ3v) is 4.39. The highest BCUT2D eigenvalue weighted by Crippen LogP contribution is 2.31. The van der Waals surface area contributed by atoms with E-state index in [1.165, 1.54) is 24.3 Å². The molecule has 4 aromatic rings. The number of alkyl halides is 3. The summed E-state index contributed by atoms with van der Waals surface area (Å²) in [5, 5.41) is 3.25. The summed E-state index contributed by atoms with van der Waals surface area (Å²) in [6.45, 7) is 0.315. The summed E-state index contributed by atoms with van der Waals surface area (Å²) < 4.78 is 53.3. The number of aromatic nitrogens is 2. The molecule has 2 aromatic carbocycles. The second kappa shape index (κ2) is 6.99. The number of rotatable bonds is 4. The van der Waals surface area contributed by atoms with Crippen molar-refractivity contribution in [3.8, 4) is 11.3 Å². The maximum atomic E-state index is 13.3. The van der Waals surface area contributed by atoms with Crippen LogP contribution in [-0.2, 0) is 12.7 Å². The smallest absolute Gasteiger partial charge is 0.365 e. The zero-order valence-electron chi connectivity index (χ0n) is 14.5. The van der Waals surface area contributed by atoms with Gasteiger partial charge >= 0.3 is 6.18 Å². The standard InChI is InChI=1S/C21H15F4N3/c22-17-10-6-15(7-11-17)19-20(28-12-2-1-3-18(28)27-19)26-13-14-4-8-16(9-5-14)21(23,24)25/h1-12,26H,13H2. The number of anilines is 1. The average Bonchev–Trinajstić information content (AvgIpc) is 3.05. The molecule has 0 aliphatic carbocycles. The van der Waals surface area contributed by atoms with Gasteiger partial charge in [-0.3, -0.25) is 4.40 Å². The van der Waals surface area contributed by atoms with E-state index in [0.29, 0.717) is 29.3 Å². The lowest BCUT2D eigenvalue weighted by Crippen LogP contribution is -2.06. The van der Waals surface area contributed by atoms with Crippen molar-refractivity contribution < 1.29 is 17.6 Å². The van der Waals surface area contributed by atoms with Crippen LogP contribution in [0.2, 0.25) is 0 Å². The highest BCUT2D eigenvalue weighted by atomic mass is 19.4. The normalized spacial score (nSPS) is 11.7. The first-order valence-corrected chi connectivity index (χ1v) is 8.55. The van der Waals surface area contributed by atoms with Crippen molar-refractivity contribution in [2.75, 3.05) is 5.32 Å². The summed E-state index contributed by atoms with van der Waals surface area (Å²) in [6.07, 6.45) is -2.52. The van der Waals surface area contributed by atoms with E-state index in [0.717, 1.165) is 17.7 Å². The van der Waals surface area contributed by atoms with Crippen LogP contribution in [0.1, 0.15) is 11.1 Å². The van der Waals surface area contributed by atoms with Crippen LogP contribution in [0.3, 0.4) is 0 Å². The van der Waals surface area contributed by atoms with E-state index in [-0.39, 0.29) is 5.82 Å². The van der Waals surface area contributed by atoms with Crippen molar-refractivity contribution in [1.82, 2.24) is 9.38 Å². The van der Waals surface area contributed by atoms with E-state index in [2.05, 4.69) is 10.3 Å². The summed E-state index contributed by atoms with van der Waals surface area (Å²) in [5.41, 5.74) is 2.09. The quantitative estimate of drug-likeness (QED) is 0.452. The van der Waals surface area contributed by atoms with E-state index in [4.69, 9.17) is 0 Å². The van der Waals surface area contributed by atoms with Crippen LogP contribution in [-0.4, -0.2) is 9.38 Å². The molecule has 0 bridgehead atoms. The number of fused-ring (bicyclic) bond motifs is 1. The maximum absolute atomic E-state index is 13.3. The van der Waals surface area contributed by atoms with Crippen molar-refractivity contribution in [3.63, 3.8) is 0 Å². The van der Waals surface area contributed by atoms with Crippen molar-refractivity contribution >= 4 is 11.5 Å². The number of nitrogens with zero attached hydrogens (tertiary/aromatic N) is 2. The maximum Gasteiger partial charge on any atom is 0.416 e. The molecule has 0 amide bonds. The molecule has 142 valence electrons. The Hall–Kier alpha value is -3.35. The van der Waals surface area contributed by atoms with Gasteiger partial charge in [-0.25, -0.2) is 9.37 Å². The molecule has 0 atom stereocenters. The van der Waals surface area contributed by atoms with Crippen molar-refractivity contribution in [1.29, 1.82) is 0 Å². The molecule has 0 aliphatic heterocycles. The Morgan fingerprint density at radius 1 is 0.893 bits per heavy atom. The van der Waals surface area contributed by atoms with Crippen LogP contribution >= 0.6 is 0 Å². The third-order valence-electron chi connectivity index (χ3n) is 4.39. The first kappa shape index (κ1) is 18.0. The zero-order chi connectivity index (χ0) is 19.7. The fourth-order valence-electron chi connectivity index (χ4n) is 2.97. The van der Waals surface area contributed by atoms with Crippen LogP contribution in [0.25, 0.3) is 16.9 Å². The molecule has 2 aromatic heterocycles. The number of pyridine rings is 1. The molecule has 3 nitrogen and oxygen atoms in total. The Kier molecular flexibility index (Phi) is 4.50. The fourth-order valence-corrected chi connectivity index (χ4v) is 2.97. The minimum Gasteiger partial charge on any atom is -0.365 e. The summed E-state index contributed by atoms with van der Waals surface area (Å²) in [5.74, 6) is 0.342. The molecule has 7 heteroatoms. The predicted molar refractivity (Wildman–Crippen MR) is 99.4 cm³/mol. The Morgan fingerprint density at radius 3 is 2.29 bits per heavy atom. The lowest BCUT2D eigenvalue weighted by atomic mass is 10.1. The Labute approximate surface area is 158 Å². The summed E-state index contributed by atoms with van der Waals surface area (Å²) in [7, 11) is 0. The number of hydrogen-bond donors (Lipinski definition) is 1. The van der Waals surface area contributed by atoms with E-state index >= 15 is 0 Å². The Bertz CT molecular complexity index is 1100. The summed E-state index contributed by atoms with van der Waals surface area (Å²) in [6, 6.07) is 16.6. The molecular weight excluding hydrogens is 370 g/mol. The van der Waals surface area contributed by atoms with Gasteiger partial charge in [-0.1, -0.05) is 18.2 Å². The molecule has 0 spiro atoms. The van der Waals surface area contributed by atoms with Crippen LogP contribution in [0.4, 0.5) is 23.4 Å². The molecule has 0 saturated heterocycles. The second-order valence-electron chi connectivity index (χ2n) is 6.29. The molecule has 1 N–H and O–H groups in total. The molecule has 0 aliphatic rings. The van der Waals surface area contributed by atoms with Crippen molar-refractivity contribution in [2.24, 2.45) is 0 Å². The number of hydrogen-bond acceptors (Lipinski definition) is 2. The van der Waals surface area contributed by atoms with Crippen molar-refractivity contribution in [3.05, 3.63) is 89.9 Å². The van der Waals surface area contributed by atoms with E-state index in [9.17, 15) is 17.6 Å². The average molecular weight is 385 g/mol. The SMILES string of the molecule is Fc1ccc(-c2nc3ccccn3c2NCc2ccc(C(F)(F)F)cc2)cc1. The lowest BCUT2D eigenvalue weighted by Gasteiger charge is -2.11. The van der Waals surface area contributed by atoms with E-state index < -0.39 is 11.7 Å². The van der Waals surface area contributed by atoms with Crippen LogP contribution in [0.5, 0.6) is 0 Å². The zero-order valence-corrected chi connectivity index (χ0v) is 14.5. The predicted octanol–water partition coefficient (Wildman–Crippen LogP) is 5.77. The van der Waals surface area contributed by atoms with Crippen LogP contribution in [0, 0.1) is 5.82 Å². The minimum atomic E-state index is -4.36. The molecule has 0 saturated carbocycles. The Balaban J connectivity index is 1.66. The largest absolute Gasteiger partial charge is 0.416 e. The lowest BCUT2D eigenvalue weighted by molar-refractivity contribution is -0.137. The van der Waals surface area contributed by atoms with E-state index in [1.54, 1.807) is 12.1 Å². The number of halogens is 4. The summed E-state index contributed by atoms with van der Waals surface area (Å²) in [4.78, 5) is 4.60. The molecule has 0 fully saturated rings. The first-order valence-electron chi connectivity index (χ1n) is 8.55. The van der Waals surface area contributed by atoms with Crippen LogP contribution in [0.15, 0.2) is 72.9 Å². The van der Waals surface area contributed by atoms with Gasteiger partial charge in [0.1, 0.15) is 23.0 Å². The monoisotopic (exact) mass is 385 g/mol. The van der Waals surface area contributed by atoms with Crippen molar-refractivity contribution in [2.45, 2.75) is 12.7 Å². The van der Waals surface area contributed by atoms with Gasteiger partial charge in [0, 0.05) is 18.3 Å². The molecule has 4 rings (SSSR count). The van der Waals surface area contributed by atoms with Gasteiger partial charge in [0.05, 0.1) is 5.56 Å². The minimum absolute atomic E-state index is 0.315. The van der Waals surface area contributed by atoms with Gasteiger partial charge in [0.25, 0.3) is 0 Å². The fraction of sp³-hybridized carbons (Fsp3) is 0.0952. The van der Waals surface area contributed by atoms with Gasteiger partial charge in [-0.15, -0.1) is 0 Å². The highest BCUT2D eigenvalue weighted by molar-refractivity contribution is 5.76. The molecule has 0 unspecified atom stereocenters. The molecule has 2 heterocycles. The number of benzene rings is 2. The number of nitrogens with one attached hydrogen (secondary N) is 1. The molecule has 28 heavy (non-hydrogen) atoms. The summed E-state index contributed by atoms with van der Waals surface area (Å²) >= 11 is 0. The topological polar surface area (TPSA) is 29.3 Å². The van der Waals surface area contributed by atoms with E-state index in [1.807, 2.05) is 28.8 Å². The number of imidazole rings is 1. The molecule has 0 radical (unpaired) electrons. The van der Waals surface area contributed by atoms with Gasteiger partial charge in [0.15, 0.2) is 0 Å². The van der Waals surface area contributed by atoms with Gasteiger partial charge in [-0.2, -0.15) is 13.2 Å². The molecular formula is C21H15F4N3.